The van der Waals surface area contributed by atoms with Crippen LogP contribution in [0.3, 0.4) is 0 Å². The Balaban J connectivity index is 1.67. The van der Waals surface area contributed by atoms with Crippen LogP contribution in [-0.4, -0.2) is 0 Å². The molecule has 1 aliphatic carbocycles. The molecule has 0 spiro atoms. The molecule has 3 rings (SSSR count). The van der Waals surface area contributed by atoms with Crippen LogP contribution >= 0.6 is 22.9 Å². The molecule has 4 heteroatoms. The minimum atomic E-state index is 0.429. The van der Waals surface area contributed by atoms with Crippen LogP contribution in [-0.2, 0) is 13.0 Å². The summed E-state index contributed by atoms with van der Waals surface area (Å²) in [6.07, 6.45) is 5.26. The van der Waals surface area contributed by atoms with Crippen molar-refractivity contribution in [1.82, 2.24) is 5.32 Å². The highest BCUT2D eigenvalue weighted by atomic mass is 35.5. The smallest absolute Gasteiger partial charge is 0.108 e. The SMILES string of the molecule is Clc1ccc(CNC2CCCc3occc32)s1. The Kier molecular flexibility index (Phi) is 3.23. The molecule has 0 saturated carbocycles. The Morgan fingerprint density at radius 3 is 3.18 bits per heavy atom. The summed E-state index contributed by atoms with van der Waals surface area (Å²) in [5, 5.41) is 3.59. The van der Waals surface area contributed by atoms with Gasteiger partial charge in [0.15, 0.2) is 0 Å². The molecule has 17 heavy (non-hydrogen) atoms. The quantitative estimate of drug-likeness (QED) is 0.903. The van der Waals surface area contributed by atoms with Crippen molar-refractivity contribution in [3.63, 3.8) is 0 Å². The predicted octanol–water partition coefficient (Wildman–Crippen LogP) is 4.16. The molecule has 0 radical (unpaired) electrons. The van der Waals surface area contributed by atoms with Gasteiger partial charge in [-0.1, -0.05) is 11.6 Å². The Labute approximate surface area is 110 Å². The van der Waals surface area contributed by atoms with E-state index in [0.717, 1.165) is 23.1 Å². The van der Waals surface area contributed by atoms with Crippen molar-refractivity contribution < 1.29 is 4.42 Å². The van der Waals surface area contributed by atoms with Gasteiger partial charge in [-0.2, -0.15) is 0 Å². The predicted molar refractivity (Wildman–Crippen MR) is 70.6 cm³/mol. The van der Waals surface area contributed by atoms with Crippen molar-refractivity contribution in [2.24, 2.45) is 0 Å². The van der Waals surface area contributed by atoms with Crippen LogP contribution < -0.4 is 5.32 Å². The van der Waals surface area contributed by atoms with Gasteiger partial charge in [-0.15, -0.1) is 11.3 Å². The number of furan rings is 1. The second kappa shape index (κ2) is 4.84. The molecule has 2 aromatic rings. The van der Waals surface area contributed by atoms with Crippen molar-refractivity contribution in [2.75, 3.05) is 0 Å². The lowest BCUT2D eigenvalue weighted by Crippen LogP contribution is -2.23. The van der Waals surface area contributed by atoms with E-state index in [1.807, 2.05) is 6.07 Å². The number of thiophene rings is 1. The fraction of sp³-hybridized carbons (Fsp3) is 0.385. The minimum absolute atomic E-state index is 0.429. The monoisotopic (exact) mass is 267 g/mol. The van der Waals surface area contributed by atoms with Crippen LogP contribution in [0.15, 0.2) is 28.9 Å². The Morgan fingerprint density at radius 2 is 2.35 bits per heavy atom. The van der Waals surface area contributed by atoms with Gasteiger partial charge >= 0.3 is 0 Å². The number of nitrogens with one attached hydrogen (secondary N) is 1. The van der Waals surface area contributed by atoms with E-state index in [-0.39, 0.29) is 0 Å². The summed E-state index contributed by atoms with van der Waals surface area (Å²) < 4.78 is 6.34. The lowest BCUT2D eigenvalue weighted by atomic mass is 9.93. The number of halogens is 1. The van der Waals surface area contributed by atoms with Gasteiger partial charge in [0, 0.05) is 29.4 Å². The number of hydrogen-bond acceptors (Lipinski definition) is 3. The van der Waals surface area contributed by atoms with Crippen molar-refractivity contribution in [3.05, 3.63) is 45.0 Å². The largest absolute Gasteiger partial charge is 0.469 e. The van der Waals surface area contributed by atoms with E-state index < -0.39 is 0 Å². The molecular formula is C13H14ClNOS. The van der Waals surface area contributed by atoms with E-state index in [9.17, 15) is 0 Å². The van der Waals surface area contributed by atoms with E-state index in [1.54, 1.807) is 17.6 Å². The topological polar surface area (TPSA) is 25.2 Å². The standard InChI is InChI=1S/C13H14ClNOS/c14-13-5-4-9(17-13)8-15-11-2-1-3-12-10(11)6-7-16-12/h4-7,11,15H,1-3,8H2. The van der Waals surface area contributed by atoms with Gasteiger partial charge in [0.25, 0.3) is 0 Å². The van der Waals surface area contributed by atoms with Gasteiger partial charge in [-0.3, -0.25) is 0 Å². The lowest BCUT2D eigenvalue weighted by Gasteiger charge is -2.22. The van der Waals surface area contributed by atoms with Gasteiger partial charge in [-0.25, -0.2) is 0 Å². The van der Waals surface area contributed by atoms with E-state index >= 15 is 0 Å². The number of rotatable bonds is 3. The lowest BCUT2D eigenvalue weighted by molar-refractivity contribution is 0.412. The van der Waals surface area contributed by atoms with Crippen LogP contribution in [0.2, 0.25) is 4.34 Å². The van der Waals surface area contributed by atoms with E-state index in [1.165, 1.54) is 23.3 Å². The van der Waals surface area contributed by atoms with Crippen LogP contribution in [0.25, 0.3) is 0 Å². The zero-order chi connectivity index (χ0) is 11.7. The average molecular weight is 268 g/mol. The molecule has 2 heterocycles. The molecule has 2 nitrogen and oxygen atoms in total. The summed E-state index contributed by atoms with van der Waals surface area (Å²) in [5.74, 6) is 1.15. The summed E-state index contributed by atoms with van der Waals surface area (Å²) in [6, 6.07) is 6.55. The maximum absolute atomic E-state index is 5.92. The molecule has 0 amide bonds. The van der Waals surface area contributed by atoms with Crippen LogP contribution in [0.4, 0.5) is 0 Å². The summed E-state index contributed by atoms with van der Waals surface area (Å²) in [5.41, 5.74) is 1.33. The molecule has 0 saturated heterocycles. The molecule has 0 aromatic carbocycles. The molecule has 1 aliphatic rings. The van der Waals surface area contributed by atoms with Crippen LogP contribution in [0.1, 0.15) is 35.1 Å². The van der Waals surface area contributed by atoms with Crippen LogP contribution in [0, 0.1) is 0 Å². The van der Waals surface area contributed by atoms with Gasteiger partial charge in [0.05, 0.1) is 10.6 Å². The summed E-state index contributed by atoms with van der Waals surface area (Å²) >= 11 is 7.56. The minimum Gasteiger partial charge on any atom is -0.469 e. The highest BCUT2D eigenvalue weighted by Crippen LogP contribution is 2.31. The third kappa shape index (κ3) is 2.41. The Hall–Kier alpha value is -0.770. The second-order valence-electron chi connectivity index (χ2n) is 4.33. The molecule has 90 valence electrons. The first kappa shape index (κ1) is 11.3. The second-order valence-corrected chi connectivity index (χ2v) is 6.13. The molecule has 2 aromatic heterocycles. The molecule has 0 bridgehead atoms. The Bertz CT molecular complexity index is 505. The third-order valence-corrected chi connectivity index (χ3v) is 4.43. The summed E-state index contributed by atoms with van der Waals surface area (Å²) in [6.45, 7) is 0.882. The fourth-order valence-electron chi connectivity index (χ4n) is 2.37. The first-order valence-electron chi connectivity index (χ1n) is 5.87. The van der Waals surface area contributed by atoms with Crippen molar-refractivity contribution >= 4 is 22.9 Å². The first-order valence-corrected chi connectivity index (χ1v) is 7.06. The van der Waals surface area contributed by atoms with Crippen LogP contribution in [0.5, 0.6) is 0 Å². The molecular weight excluding hydrogens is 254 g/mol. The van der Waals surface area contributed by atoms with E-state index in [0.29, 0.717) is 6.04 Å². The highest BCUT2D eigenvalue weighted by Gasteiger charge is 2.21. The van der Waals surface area contributed by atoms with Gasteiger partial charge in [0.2, 0.25) is 0 Å². The first-order chi connectivity index (χ1) is 8.33. The average Bonchev–Trinajstić information content (AvgIpc) is 2.94. The zero-order valence-corrected chi connectivity index (χ0v) is 11.0. The maximum atomic E-state index is 5.92. The third-order valence-electron chi connectivity index (χ3n) is 3.20. The van der Waals surface area contributed by atoms with Gasteiger partial charge < -0.3 is 9.73 Å². The normalized spacial score (nSPS) is 19.2. The molecule has 1 N–H and O–H groups in total. The number of hydrogen-bond donors (Lipinski definition) is 1. The molecule has 1 atom stereocenters. The Morgan fingerprint density at radius 1 is 1.41 bits per heavy atom. The van der Waals surface area contributed by atoms with Crippen molar-refractivity contribution in [2.45, 2.75) is 31.8 Å². The van der Waals surface area contributed by atoms with Gasteiger partial charge in [-0.05, 0) is 31.0 Å². The maximum Gasteiger partial charge on any atom is 0.108 e. The summed E-state index contributed by atoms with van der Waals surface area (Å²) in [7, 11) is 0. The van der Waals surface area contributed by atoms with E-state index in [2.05, 4.69) is 17.4 Å². The van der Waals surface area contributed by atoms with E-state index in [4.69, 9.17) is 16.0 Å². The zero-order valence-electron chi connectivity index (χ0n) is 9.41. The number of aryl methyl sites for hydroxylation is 1. The van der Waals surface area contributed by atoms with Crippen molar-refractivity contribution in [3.8, 4) is 0 Å². The molecule has 0 aliphatic heterocycles. The molecule has 0 fully saturated rings. The molecule has 1 unspecified atom stereocenters. The highest BCUT2D eigenvalue weighted by molar-refractivity contribution is 7.16. The van der Waals surface area contributed by atoms with Crippen molar-refractivity contribution in [1.29, 1.82) is 0 Å². The fourth-order valence-corrected chi connectivity index (χ4v) is 3.41. The summed E-state index contributed by atoms with van der Waals surface area (Å²) in [4.78, 5) is 1.28. The van der Waals surface area contributed by atoms with Gasteiger partial charge in [0.1, 0.15) is 5.76 Å². The number of fused-ring (bicyclic) bond motifs is 1.